The highest BCUT2D eigenvalue weighted by Crippen LogP contribution is 2.15. The molecule has 0 aliphatic carbocycles. The Morgan fingerprint density at radius 2 is 1.90 bits per heavy atom. The fraction of sp³-hybridized carbons (Fsp3) is 0.333. The molecule has 0 spiro atoms. The van der Waals surface area contributed by atoms with Crippen LogP contribution in [-0.2, 0) is 6.42 Å². The van der Waals surface area contributed by atoms with E-state index >= 15 is 0 Å². The van der Waals surface area contributed by atoms with Gasteiger partial charge >= 0.3 is 0 Å². The molecular weight excluding hydrogens is 264 g/mol. The molecular formula is C15H18N6. The molecule has 0 fully saturated rings. The van der Waals surface area contributed by atoms with Crippen LogP contribution in [0.2, 0.25) is 0 Å². The van der Waals surface area contributed by atoms with Crippen molar-refractivity contribution in [2.45, 2.75) is 26.2 Å². The molecule has 0 amide bonds. The molecule has 108 valence electrons. The number of hydrogen-bond donors (Lipinski definition) is 1. The molecule has 0 bridgehead atoms. The van der Waals surface area contributed by atoms with Crippen LogP contribution in [-0.4, -0.2) is 31.8 Å². The van der Waals surface area contributed by atoms with Crippen molar-refractivity contribution < 1.29 is 0 Å². The minimum atomic E-state index is 0.574. The van der Waals surface area contributed by atoms with Gasteiger partial charge in [-0.2, -0.15) is 0 Å². The molecule has 0 atom stereocenters. The van der Waals surface area contributed by atoms with Crippen LogP contribution in [0.3, 0.4) is 0 Å². The Balaban J connectivity index is 1.57. The monoisotopic (exact) mass is 282 g/mol. The number of rotatable bonds is 5. The Morgan fingerprint density at radius 3 is 2.67 bits per heavy atom. The Bertz CT molecular complexity index is 716. The van der Waals surface area contributed by atoms with Crippen LogP contribution >= 0.6 is 0 Å². The minimum Gasteiger partial charge on any atom is -0.368 e. The lowest BCUT2D eigenvalue weighted by Crippen LogP contribution is -2.08. The molecule has 0 radical (unpaired) electrons. The van der Waals surface area contributed by atoms with Crippen molar-refractivity contribution in [2.24, 2.45) is 0 Å². The van der Waals surface area contributed by atoms with Gasteiger partial charge in [-0.15, -0.1) is 14.8 Å². The topological polar surface area (TPSA) is 68.0 Å². The zero-order valence-corrected chi connectivity index (χ0v) is 12.2. The lowest BCUT2D eigenvalue weighted by molar-refractivity contribution is 0.733. The van der Waals surface area contributed by atoms with Crippen molar-refractivity contribution in [3.63, 3.8) is 0 Å². The summed E-state index contributed by atoms with van der Waals surface area (Å²) >= 11 is 0. The summed E-state index contributed by atoms with van der Waals surface area (Å²) in [6.45, 7) is 5.23. The van der Waals surface area contributed by atoms with Crippen LogP contribution in [0.4, 0.5) is 5.82 Å². The minimum absolute atomic E-state index is 0.574. The zero-order chi connectivity index (χ0) is 14.7. The van der Waals surface area contributed by atoms with Crippen LogP contribution in [0, 0.1) is 0 Å². The van der Waals surface area contributed by atoms with E-state index < -0.39 is 0 Å². The highest BCUT2D eigenvalue weighted by molar-refractivity contribution is 5.42. The predicted molar refractivity (Wildman–Crippen MR) is 81.3 cm³/mol. The Kier molecular flexibility index (Phi) is 3.77. The molecule has 0 unspecified atom stereocenters. The number of anilines is 1. The molecule has 2 aromatic heterocycles. The number of hydrogen-bond acceptors (Lipinski definition) is 5. The molecule has 0 aliphatic heterocycles. The Morgan fingerprint density at radius 1 is 1.10 bits per heavy atom. The summed E-state index contributed by atoms with van der Waals surface area (Å²) in [5, 5.41) is 18.7. The standard InChI is InChI=1S/C15H18N6/c1-11(2)13-5-3-12(4-6-13)9-10-16-14-7-8-15-17-19-20-21(15)18-14/h3-8,11H,9-10H2,1-2H3,(H,16,18). The summed E-state index contributed by atoms with van der Waals surface area (Å²) in [6, 6.07) is 12.5. The van der Waals surface area contributed by atoms with Gasteiger partial charge in [0.25, 0.3) is 0 Å². The molecule has 0 aliphatic rings. The van der Waals surface area contributed by atoms with Crippen LogP contribution in [0.25, 0.3) is 5.65 Å². The number of nitrogens with one attached hydrogen (secondary N) is 1. The highest BCUT2D eigenvalue weighted by atomic mass is 15.6. The van der Waals surface area contributed by atoms with Gasteiger partial charge in [-0.25, -0.2) is 0 Å². The number of tetrazole rings is 1. The average Bonchev–Trinajstić information content (AvgIpc) is 2.95. The van der Waals surface area contributed by atoms with E-state index in [0.717, 1.165) is 18.8 Å². The molecule has 3 aromatic rings. The van der Waals surface area contributed by atoms with E-state index in [9.17, 15) is 0 Å². The maximum Gasteiger partial charge on any atom is 0.200 e. The van der Waals surface area contributed by atoms with Gasteiger partial charge in [0, 0.05) is 6.54 Å². The fourth-order valence-electron chi connectivity index (χ4n) is 2.15. The summed E-state index contributed by atoms with van der Waals surface area (Å²) in [7, 11) is 0. The van der Waals surface area contributed by atoms with E-state index in [1.807, 2.05) is 12.1 Å². The fourth-order valence-corrected chi connectivity index (χ4v) is 2.15. The van der Waals surface area contributed by atoms with Crippen LogP contribution in [0.1, 0.15) is 30.9 Å². The summed E-state index contributed by atoms with van der Waals surface area (Å²) in [5.41, 5.74) is 3.33. The summed E-state index contributed by atoms with van der Waals surface area (Å²) in [4.78, 5) is 0. The third-order valence-electron chi connectivity index (χ3n) is 3.44. The summed E-state index contributed by atoms with van der Waals surface area (Å²) < 4.78 is 1.42. The first-order valence-electron chi connectivity index (χ1n) is 7.10. The van der Waals surface area contributed by atoms with Crippen LogP contribution < -0.4 is 5.32 Å². The van der Waals surface area contributed by atoms with Gasteiger partial charge in [0.2, 0.25) is 0 Å². The predicted octanol–water partition coefficient (Wildman–Crippen LogP) is 2.30. The normalized spacial score (nSPS) is 11.2. The molecule has 2 heterocycles. The summed E-state index contributed by atoms with van der Waals surface area (Å²) in [5.74, 6) is 1.35. The summed E-state index contributed by atoms with van der Waals surface area (Å²) in [6.07, 6.45) is 0.952. The van der Waals surface area contributed by atoms with Crippen molar-refractivity contribution in [1.82, 2.24) is 25.3 Å². The van der Waals surface area contributed by atoms with Crippen molar-refractivity contribution in [1.29, 1.82) is 0 Å². The van der Waals surface area contributed by atoms with E-state index in [4.69, 9.17) is 0 Å². The molecule has 6 heteroatoms. The maximum atomic E-state index is 4.27. The third kappa shape index (κ3) is 3.16. The van der Waals surface area contributed by atoms with Gasteiger partial charge < -0.3 is 5.32 Å². The van der Waals surface area contributed by atoms with E-state index in [2.05, 4.69) is 64.1 Å². The number of fused-ring (bicyclic) bond motifs is 1. The second-order valence-electron chi connectivity index (χ2n) is 5.32. The second kappa shape index (κ2) is 5.87. The molecule has 0 saturated heterocycles. The van der Waals surface area contributed by atoms with E-state index in [1.54, 1.807) is 0 Å². The van der Waals surface area contributed by atoms with E-state index in [0.29, 0.717) is 11.6 Å². The Hall–Kier alpha value is -2.50. The largest absolute Gasteiger partial charge is 0.368 e. The average molecular weight is 282 g/mol. The maximum absolute atomic E-state index is 4.27. The molecule has 3 rings (SSSR count). The molecule has 6 nitrogen and oxygen atoms in total. The van der Waals surface area contributed by atoms with Crippen LogP contribution in [0.15, 0.2) is 36.4 Å². The first-order chi connectivity index (χ1) is 10.2. The van der Waals surface area contributed by atoms with Crippen molar-refractivity contribution in [3.8, 4) is 0 Å². The molecule has 0 saturated carbocycles. The van der Waals surface area contributed by atoms with Gasteiger partial charge in [0.05, 0.1) is 0 Å². The Labute approximate surface area is 123 Å². The quantitative estimate of drug-likeness (QED) is 0.777. The molecule has 1 aromatic carbocycles. The van der Waals surface area contributed by atoms with Gasteiger partial charge in [-0.1, -0.05) is 38.1 Å². The van der Waals surface area contributed by atoms with Gasteiger partial charge in [-0.3, -0.25) is 0 Å². The SMILES string of the molecule is CC(C)c1ccc(CCNc2ccc3nnnn3n2)cc1. The van der Waals surface area contributed by atoms with Crippen molar-refractivity contribution in [2.75, 3.05) is 11.9 Å². The van der Waals surface area contributed by atoms with E-state index in [1.165, 1.54) is 15.8 Å². The van der Waals surface area contributed by atoms with E-state index in [-0.39, 0.29) is 0 Å². The van der Waals surface area contributed by atoms with Crippen molar-refractivity contribution in [3.05, 3.63) is 47.5 Å². The lowest BCUT2D eigenvalue weighted by Gasteiger charge is -2.08. The smallest absolute Gasteiger partial charge is 0.200 e. The first-order valence-corrected chi connectivity index (χ1v) is 7.10. The lowest BCUT2D eigenvalue weighted by atomic mass is 10.0. The molecule has 21 heavy (non-hydrogen) atoms. The van der Waals surface area contributed by atoms with Gasteiger partial charge in [0.15, 0.2) is 5.65 Å². The molecule has 1 N–H and O–H groups in total. The van der Waals surface area contributed by atoms with Gasteiger partial charge in [-0.05, 0) is 46.0 Å². The third-order valence-corrected chi connectivity index (χ3v) is 3.44. The highest BCUT2D eigenvalue weighted by Gasteiger charge is 2.01. The first kappa shape index (κ1) is 13.5. The number of benzene rings is 1. The number of nitrogens with zero attached hydrogens (tertiary/aromatic N) is 5. The van der Waals surface area contributed by atoms with Gasteiger partial charge in [0.1, 0.15) is 5.82 Å². The van der Waals surface area contributed by atoms with Crippen LogP contribution in [0.5, 0.6) is 0 Å². The van der Waals surface area contributed by atoms with Crippen molar-refractivity contribution >= 4 is 11.5 Å². The zero-order valence-electron chi connectivity index (χ0n) is 12.2. The second-order valence-corrected chi connectivity index (χ2v) is 5.32. The number of aromatic nitrogens is 5.